The molecule has 0 aliphatic heterocycles. The third-order valence-electron chi connectivity index (χ3n) is 1.69. The van der Waals surface area contributed by atoms with E-state index in [-0.39, 0.29) is 13.2 Å². The zero-order valence-corrected chi connectivity index (χ0v) is 12.9. The highest BCUT2D eigenvalue weighted by molar-refractivity contribution is 7.85. The Hall–Kier alpha value is -1.71. The molecular weight excluding hydrogens is 302 g/mol. The molecule has 0 aliphatic rings. The molecule has 0 heterocycles. The highest BCUT2D eigenvalue weighted by Crippen LogP contribution is 2.05. The normalized spacial score (nSPS) is 10.7. The number of amides is 1. The van der Waals surface area contributed by atoms with Crippen LogP contribution in [-0.4, -0.2) is 54.5 Å². The third-order valence-corrected chi connectivity index (χ3v) is 2.78. The molecule has 122 valence electrons. The smallest absolute Gasteiger partial charge is 0.330 e. The van der Waals surface area contributed by atoms with E-state index in [1.54, 1.807) is 0 Å². The number of carbonyl (C=O) groups excluding carboxylic acids is 2. The van der Waals surface area contributed by atoms with Crippen molar-refractivity contribution in [2.24, 2.45) is 0 Å². The number of hydrogen-bond donors (Lipinski definition) is 3. The van der Waals surface area contributed by atoms with Gasteiger partial charge < -0.3 is 15.2 Å². The Bertz CT molecular complexity index is 468. The lowest BCUT2D eigenvalue weighted by molar-refractivity contribution is -0.138. The molecule has 0 radical (unpaired) electrons. The summed E-state index contributed by atoms with van der Waals surface area (Å²) in [5.74, 6) is -1.51. The van der Waals surface area contributed by atoms with Crippen molar-refractivity contribution in [2.45, 2.75) is 19.4 Å². The number of nitrogens with one attached hydrogen (secondary N) is 1. The summed E-state index contributed by atoms with van der Waals surface area (Å²) >= 11 is 0. The topological polar surface area (TPSA) is 130 Å². The second-order valence-electron chi connectivity index (χ2n) is 4.40. The summed E-state index contributed by atoms with van der Waals surface area (Å²) in [6, 6.07) is 0. The molecule has 8 nitrogen and oxygen atoms in total. The van der Waals surface area contributed by atoms with Crippen LogP contribution in [0.25, 0.3) is 0 Å². The van der Waals surface area contributed by atoms with Gasteiger partial charge in [0.25, 0.3) is 10.1 Å². The Kier molecular flexibility index (Phi) is 10.4. The van der Waals surface area contributed by atoms with E-state index in [9.17, 15) is 18.0 Å². The molecule has 9 heteroatoms. The standard InChI is InChI=1S/C7H13NO4S.C5H8O3/c1-4-6(9)8-7(2,3)5-13(10,11)12;1-2-5(7)8-4-3-6/h4H,1,5H2,2-3H3,(H,8,9)(H,10,11,12);2,6H,1,3-4H2. The molecular formula is C12H21NO7S. The predicted molar refractivity (Wildman–Crippen MR) is 77.1 cm³/mol. The number of carbonyl (C=O) groups is 2. The highest BCUT2D eigenvalue weighted by atomic mass is 32.2. The van der Waals surface area contributed by atoms with E-state index < -0.39 is 33.3 Å². The average molecular weight is 323 g/mol. The van der Waals surface area contributed by atoms with Gasteiger partial charge in [-0.2, -0.15) is 8.42 Å². The zero-order chi connectivity index (χ0) is 17.1. The summed E-state index contributed by atoms with van der Waals surface area (Å²) in [6.45, 7) is 9.26. The van der Waals surface area contributed by atoms with Gasteiger partial charge in [0, 0.05) is 6.08 Å². The van der Waals surface area contributed by atoms with Gasteiger partial charge in [0.05, 0.1) is 17.9 Å². The van der Waals surface area contributed by atoms with Crippen LogP contribution in [0, 0.1) is 0 Å². The second-order valence-corrected chi connectivity index (χ2v) is 5.85. The van der Waals surface area contributed by atoms with Gasteiger partial charge in [0.2, 0.25) is 5.91 Å². The fraction of sp³-hybridized carbons (Fsp3) is 0.500. The van der Waals surface area contributed by atoms with Crippen LogP contribution in [0.1, 0.15) is 13.8 Å². The molecule has 3 N–H and O–H groups in total. The number of ether oxygens (including phenoxy) is 1. The fourth-order valence-electron chi connectivity index (χ4n) is 1.08. The molecule has 0 spiro atoms. The van der Waals surface area contributed by atoms with Gasteiger partial charge in [-0.1, -0.05) is 13.2 Å². The van der Waals surface area contributed by atoms with E-state index >= 15 is 0 Å². The number of rotatable bonds is 7. The van der Waals surface area contributed by atoms with E-state index in [1.165, 1.54) is 13.8 Å². The maximum absolute atomic E-state index is 10.8. The van der Waals surface area contributed by atoms with Crippen LogP contribution >= 0.6 is 0 Å². The minimum Gasteiger partial charge on any atom is -0.460 e. The van der Waals surface area contributed by atoms with Crippen LogP contribution in [0.3, 0.4) is 0 Å². The Balaban J connectivity index is 0. The van der Waals surface area contributed by atoms with Gasteiger partial charge in [0.15, 0.2) is 0 Å². The number of aliphatic hydroxyl groups excluding tert-OH is 1. The van der Waals surface area contributed by atoms with E-state index in [0.29, 0.717) is 0 Å². The van der Waals surface area contributed by atoms with E-state index in [2.05, 4.69) is 23.2 Å². The van der Waals surface area contributed by atoms with Crippen molar-refractivity contribution in [3.8, 4) is 0 Å². The van der Waals surface area contributed by atoms with Crippen LogP contribution < -0.4 is 5.32 Å². The van der Waals surface area contributed by atoms with Crippen molar-refractivity contribution in [2.75, 3.05) is 19.0 Å². The largest absolute Gasteiger partial charge is 0.460 e. The lowest BCUT2D eigenvalue weighted by Gasteiger charge is -2.23. The quantitative estimate of drug-likeness (QED) is 0.332. The van der Waals surface area contributed by atoms with Crippen molar-refractivity contribution in [3.63, 3.8) is 0 Å². The van der Waals surface area contributed by atoms with Crippen molar-refractivity contribution < 1.29 is 32.4 Å². The molecule has 0 aliphatic carbocycles. The van der Waals surface area contributed by atoms with E-state index in [0.717, 1.165) is 12.2 Å². The molecule has 0 fully saturated rings. The lowest BCUT2D eigenvalue weighted by atomic mass is 10.1. The zero-order valence-electron chi connectivity index (χ0n) is 12.0. The average Bonchev–Trinajstić information content (AvgIpc) is 2.32. The summed E-state index contributed by atoms with van der Waals surface area (Å²) in [7, 11) is -4.08. The van der Waals surface area contributed by atoms with Crippen molar-refractivity contribution in [3.05, 3.63) is 25.3 Å². The van der Waals surface area contributed by atoms with Crippen LogP contribution in [0.4, 0.5) is 0 Å². The predicted octanol–water partition coefficient (Wildman–Crippen LogP) is -0.337. The van der Waals surface area contributed by atoms with Gasteiger partial charge in [-0.25, -0.2) is 4.79 Å². The molecule has 0 aromatic heterocycles. The highest BCUT2D eigenvalue weighted by Gasteiger charge is 2.25. The Morgan fingerprint density at radius 1 is 1.29 bits per heavy atom. The van der Waals surface area contributed by atoms with Gasteiger partial charge in [-0.3, -0.25) is 9.35 Å². The van der Waals surface area contributed by atoms with Crippen LogP contribution in [-0.2, 0) is 24.4 Å². The second kappa shape index (κ2) is 10.1. The van der Waals surface area contributed by atoms with Gasteiger partial charge >= 0.3 is 5.97 Å². The Morgan fingerprint density at radius 2 is 1.81 bits per heavy atom. The molecule has 0 rings (SSSR count). The monoisotopic (exact) mass is 323 g/mol. The molecule has 0 atom stereocenters. The maximum atomic E-state index is 10.8. The molecule has 21 heavy (non-hydrogen) atoms. The van der Waals surface area contributed by atoms with Crippen molar-refractivity contribution in [1.82, 2.24) is 5.32 Å². The van der Waals surface area contributed by atoms with Crippen LogP contribution in [0.15, 0.2) is 25.3 Å². The van der Waals surface area contributed by atoms with Gasteiger partial charge in [-0.15, -0.1) is 0 Å². The summed E-state index contributed by atoms with van der Waals surface area (Å²) in [5, 5.41) is 10.5. The minimum atomic E-state index is -4.08. The number of aliphatic hydroxyl groups is 1. The fourth-order valence-corrected chi connectivity index (χ4v) is 2.07. The molecule has 0 aromatic carbocycles. The van der Waals surface area contributed by atoms with Crippen molar-refractivity contribution >= 4 is 22.0 Å². The molecule has 0 bridgehead atoms. The third kappa shape index (κ3) is 16.2. The Labute approximate surface area is 124 Å². The SMILES string of the molecule is C=CC(=O)NC(C)(C)CS(=O)(=O)O.C=CC(=O)OCCO. The first kappa shape index (κ1) is 21.6. The van der Waals surface area contributed by atoms with Crippen LogP contribution in [0.2, 0.25) is 0 Å². The van der Waals surface area contributed by atoms with E-state index in [1.807, 2.05) is 0 Å². The first-order valence-electron chi connectivity index (χ1n) is 5.77. The molecule has 0 aromatic rings. The first-order valence-corrected chi connectivity index (χ1v) is 7.38. The molecule has 0 unspecified atom stereocenters. The maximum Gasteiger partial charge on any atom is 0.330 e. The number of hydrogen-bond acceptors (Lipinski definition) is 6. The van der Waals surface area contributed by atoms with Crippen LogP contribution in [0.5, 0.6) is 0 Å². The summed E-state index contributed by atoms with van der Waals surface area (Å²) < 4.78 is 33.9. The molecule has 0 saturated carbocycles. The summed E-state index contributed by atoms with van der Waals surface area (Å²) in [5.41, 5.74) is -1.00. The Morgan fingerprint density at radius 3 is 2.14 bits per heavy atom. The lowest BCUT2D eigenvalue weighted by Crippen LogP contribution is -2.47. The van der Waals surface area contributed by atoms with Gasteiger partial charge in [0.1, 0.15) is 6.61 Å². The molecule has 0 saturated heterocycles. The van der Waals surface area contributed by atoms with E-state index in [4.69, 9.17) is 9.66 Å². The summed E-state index contributed by atoms with van der Waals surface area (Å²) in [6.07, 6.45) is 2.08. The number of esters is 1. The minimum absolute atomic E-state index is 0.0465. The first-order chi connectivity index (χ1) is 9.47. The van der Waals surface area contributed by atoms with Gasteiger partial charge in [-0.05, 0) is 19.9 Å². The molecule has 1 amide bonds. The summed E-state index contributed by atoms with van der Waals surface area (Å²) in [4.78, 5) is 20.9. The van der Waals surface area contributed by atoms with Crippen molar-refractivity contribution in [1.29, 1.82) is 0 Å².